The average molecular weight is 418 g/mol. The van der Waals surface area contributed by atoms with Crippen LogP contribution in [0.5, 0.6) is 11.5 Å². The lowest BCUT2D eigenvalue weighted by Crippen LogP contribution is -2.24. The van der Waals surface area contributed by atoms with E-state index in [1.165, 1.54) is 16.5 Å². The minimum Gasteiger partial charge on any atom is -0.454 e. The van der Waals surface area contributed by atoms with Crippen LogP contribution in [0.4, 0.5) is 0 Å². The van der Waals surface area contributed by atoms with Gasteiger partial charge in [-0.15, -0.1) is 0 Å². The van der Waals surface area contributed by atoms with Crippen LogP contribution in [0.3, 0.4) is 0 Å². The first kappa shape index (κ1) is 18.4. The molecule has 8 nitrogen and oxygen atoms in total. The standard InChI is InChI=1S/C23H22N4O4/c1-26-10-15(17-4-2-3-5-18(17)26)11-27-12-16(28)9-19(27)23-24-22(25-31-23)14-6-7-20-21(8-14)30-13-29-20/h2-8,10,16,19,28H,9,11-13H2,1H3. The number of aromatic nitrogens is 3. The van der Waals surface area contributed by atoms with Crippen molar-refractivity contribution in [1.82, 2.24) is 19.6 Å². The molecule has 0 aliphatic carbocycles. The van der Waals surface area contributed by atoms with Crippen molar-refractivity contribution in [2.24, 2.45) is 7.05 Å². The number of hydrogen-bond donors (Lipinski definition) is 1. The average Bonchev–Trinajstić information content (AvgIpc) is 3.55. The maximum absolute atomic E-state index is 10.4. The summed E-state index contributed by atoms with van der Waals surface area (Å²) >= 11 is 0. The second-order valence-electron chi connectivity index (χ2n) is 8.14. The van der Waals surface area contributed by atoms with Crippen molar-refractivity contribution in [3.63, 3.8) is 0 Å². The molecular formula is C23H22N4O4. The molecule has 2 aliphatic heterocycles. The van der Waals surface area contributed by atoms with E-state index in [0.717, 1.165) is 5.56 Å². The van der Waals surface area contributed by atoms with Crippen LogP contribution in [0.15, 0.2) is 53.2 Å². The molecular weight excluding hydrogens is 396 g/mol. The van der Waals surface area contributed by atoms with E-state index in [1.807, 2.05) is 24.3 Å². The summed E-state index contributed by atoms with van der Waals surface area (Å²) in [5, 5.41) is 15.8. The molecule has 4 aromatic rings. The van der Waals surface area contributed by atoms with Gasteiger partial charge in [-0.3, -0.25) is 4.90 Å². The van der Waals surface area contributed by atoms with E-state index in [1.54, 1.807) is 0 Å². The van der Waals surface area contributed by atoms with Crippen molar-refractivity contribution >= 4 is 10.9 Å². The molecule has 1 saturated heterocycles. The molecule has 0 bridgehead atoms. The Morgan fingerprint density at radius 3 is 2.94 bits per heavy atom. The van der Waals surface area contributed by atoms with Gasteiger partial charge in [-0.1, -0.05) is 23.4 Å². The van der Waals surface area contributed by atoms with Crippen molar-refractivity contribution in [1.29, 1.82) is 0 Å². The Kier molecular flexibility index (Phi) is 4.22. The van der Waals surface area contributed by atoms with Gasteiger partial charge in [-0.2, -0.15) is 4.98 Å². The van der Waals surface area contributed by atoms with Gasteiger partial charge >= 0.3 is 0 Å². The van der Waals surface area contributed by atoms with Crippen LogP contribution in [0.25, 0.3) is 22.3 Å². The predicted molar refractivity (Wildman–Crippen MR) is 113 cm³/mol. The van der Waals surface area contributed by atoms with E-state index in [2.05, 4.69) is 51.1 Å². The van der Waals surface area contributed by atoms with Crippen LogP contribution < -0.4 is 9.47 Å². The van der Waals surface area contributed by atoms with Crippen molar-refractivity contribution in [2.45, 2.75) is 25.1 Å². The van der Waals surface area contributed by atoms with Gasteiger partial charge in [0.05, 0.1) is 12.1 Å². The Morgan fingerprint density at radius 2 is 2.00 bits per heavy atom. The Labute approximate surface area is 178 Å². The number of para-hydroxylation sites is 1. The highest BCUT2D eigenvalue weighted by molar-refractivity contribution is 5.83. The van der Waals surface area contributed by atoms with Crippen molar-refractivity contribution in [2.75, 3.05) is 13.3 Å². The Balaban J connectivity index is 1.28. The monoisotopic (exact) mass is 418 g/mol. The maximum Gasteiger partial charge on any atom is 0.244 e. The first-order valence-corrected chi connectivity index (χ1v) is 10.3. The number of nitrogens with zero attached hydrogens (tertiary/aromatic N) is 4. The number of ether oxygens (including phenoxy) is 2. The molecule has 2 atom stereocenters. The Morgan fingerprint density at radius 1 is 1.13 bits per heavy atom. The second kappa shape index (κ2) is 7.11. The molecule has 0 radical (unpaired) electrons. The molecule has 0 amide bonds. The van der Waals surface area contributed by atoms with Gasteiger partial charge in [0.1, 0.15) is 0 Å². The largest absolute Gasteiger partial charge is 0.454 e. The summed E-state index contributed by atoms with van der Waals surface area (Å²) in [6, 6.07) is 13.8. The molecule has 0 spiro atoms. The third kappa shape index (κ3) is 3.15. The summed E-state index contributed by atoms with van der Waals surface area (Å²) in [5.74, 6) is 2.41. The SMILES string of the molecule is Cn1cc(CN2CC(O)CC2c2nc(-c3ccc4c(c3)OCO4)no2)c2ccccc21. The molecule has 0 saturated carbocycles. The molecule has 2 aromatic carbocycles. The smallest absolute Gasteiger partial charge is 0.244 e. The number of aliphatic hydroxyl groups excluding tert-OH is 1. The topological polar surface area (TPSA) is 85.8 Å². The number of rotatable bonds is 4. The minimum absolute atomic E-state index is 0.135. The first-order chi connectivity index (χ1) is 15.2. The highest BCUT2D eigenvalue weighted by Gasteiger charge is 2.36. The van der Waals surface area contributed by atoms with Gasteiger partial charge in [-0.25, -0.2) is 0 Å². The normalized spacial score (nSPS) is 20.7. The first-order valence-electron chi connectivity index (χ1n) is 10.3. The minimum atomic E-state index is -0.430. The summed E-state index contributed by atoms with van der Waals surface area (Å²) in [7, 11) is 2.05. The van der Waals surface area contributed by atoms with Crippen LogP contribution in [0, 0.1) is 0 Å². The van der Waals surface area contributed by atoms with Crippen LogP contribution in [0.2, 0.25) is 0 Å². The number of benzene rings is 2. The number of fused-ring (bicyclic) bond motifs is 2. The number of hydrogen-bond acceptors (Lipinski definition) is 7. The summed E-state index contributed by atoms with van der Waals surface area (Å²) in [6.07, 6.45) is 2.28. The maximum atomic E-state index is 10.4. The summed E-state index contributed by atoms with van der Waals surface area (Å²) in [6.45, 7) is 1.49. The van der Waals surface area contributed by atoms with Gasteiger partial charge in [0.25, 0.3) is 0 Å². The Hall–Kier alpha value is -3.36. The van der Waals surface area contributed by atoms with Gasteiger partial charge in [0.2, 0.25) is 18.5 Å². The van der Waals surface area contributed by atoms with E-state index in [0.29, 0.717) is 42.7 Å². The zero-order valence-corrected chi connectivity index (χ0v) is 17.1. The predicted octanol–water partition coefficient (Wildman–Crippen LogP) is 3.26. The lowest BCUT2D eigenvalue weighted by Gasteiger charge is -2.20. The Bertz CT molecular complexity index is 1260. The fraction of sp³-hybridized carbons (Fsp3) is 0.304. The molecule has 1 fully saturated rings. The van der Waals surface area contributed by atoms with E-state index in [4.69, 9.17) is 14.0 Å². The molecule has 158 valence electrons. The van der Waals surface area contributed by atoms with Crippen molar-refractivity contribution in [3.05, 3.63) is 60.1 Å². The van der Waals surface area contributed by atoms with E-state index < -0.39 is 6.10 Å². The zero-order chi connectivity index (χ0) is 20.9. The lowest BCUT2D eigenvalue weighted by atomic mass is 10.1. The van der Waals surface area contributed by atoms with Crippen LogP contribution >= 0.6 is 0 Å². The van der Waals surface area contributed by atoms with Gasteiger partial charge in [0.15, 0.2) is 11.5 Å². The molecule has 4 heterocycles. The highest BCUT2D eigenvalue weighted by atomic mass is 16.7. The molecule has 2 aliphatic rings. The van der Waals surface area contributed by atoms with Gasteiger partial charge < -0.3 is 23.7 Å². The number of aliphatic hydroxyl groups is 1. The fourth-order valence-corrected chi connectivity index (χ4v) is 4.60. The van der Waals surface area contributed by atoms with E-state index in [9.17, 15) is 5.11 Å². The van der Waals surface area contributed by atoms with Gasteiger partial charge in [-0.05, 0) is 36.2 Å². The molecule has 6 rings (SSSR count). The number of aryl methyl sites for hydroxylation is 1. The van der Waals surface area contributed by atoms with Crippen LogP contribution in [-0.2, 0) is 13.6 Å². The van der Waals surface area contributed by atoms with Crippen molar-refractivity contribution in [3.8, 4) is 22.9 Å². The van der Waals surface area contributed by atoms with Gasteiger partial charge in [0, 0.05) is 42.8 Å². The fourth-order valence-electron chi connectivity index (χ4n) is 4.60. The number of β-amino-alcohol motifs (C(OH)–C–C–N with tert-alkyl or cyclic N) is 1. The summed E-state index contributed by atoms with van der Waals surface area (Å²) < 4.78 is 18.6. The second-order valence-corrected chi connectivity index (χ2v) is 8.14. The quantitative estimate of drug-likeness (QED) is 0.544. The molecule has 2 aromatic heterocycles. The molecule has 1 N–H and O–H groups in total. The third-order valence-corrected chi connectivity index (χ3v) is 6.09. The number of likely N-dealkylation sites (tertiary alicyclic amines) is 1. The highest BCUT2D eigenvalue weighted by Crippen LogP contribution is 2.37. The molecule has 2 unspecified atom stereocenters. The van der Waals surface area contributed by atoms with Crippen LogP contribution in [-0.4, -0.2) is 44.2 Å². The summed E-state index contributed by atoms with van der Waals surface area (Å²) in [5.41, 5.74) is 3.21. The molecule has 31 heavy (non-hydrogen) atoms. The van der Waals surface area contributed by atoms with Crippen LogP contribution in [0.1, 0.15) is 23.9 Å². The lowest BCUT2D eigenvalue weighted by molar-refractivity contribution is 0.169. The third-order valence-electron chi connectivity index (χ3n) is 6.09. The van der Waals surface area contributed by atoms with E-state index >= 15 is 0 Å². The summed E-state index contributed by atoms with van der Waals surface area (Å²) in [4.78, 5) is 6.86. The zero-order valence-electron chi connectivity index (χ0n) is 17.1. The van der Waals surface area contributed by atoms with Crippen molar-refractivity contribution < 1.29 is 19.1 Å². The molecule has 8 heteroatoms. The van der Waals surface area contributed by atoms with E-state index in [-0.39, 0.29) is 12.8 Å².